The molecule has 0 saturated heterocycles. The lowest BCUT2D eigenvalue weighted by molar-refractivity contribution is -0.693. The summed E-state index contributed by atoms with van der Waals surface area (Å²) in [5.41, 5.74) is 2.77. The van der Waals surface area contributed by atoms with Crippen LogP contribution < -0.4 is 10.1 Å². The quantitative estimate of drug-likeness (QED) is 0.464. The van der Waals surface area contributed by atoms with Crippen LogP contribution in [0.4, 0.5) is 0 Å². The van der Waals surface area contributed by atoms with Crippen LogP contribution in [0.2, 0.25) is 5.02 Å². The predicted octanol–water partition coefficient (Wildman–Crippen LogP) is 6.36. The second-order valence-electron chi connectivity index (χ2n) is 8.56. The minimum absolute atomic E-state index is 0.214. The molecule has 2 nitrogen and oxygen atoms in total. The number of halogens is 1. The molecule has 0 aromatic heterocycles. The lowest BCUT2D eigenvalue weighted by atomic mass is 9.88. The minimum Gasteiger partial charge on any atom is -0.491 e. The van der Waals surface area contributed by atoms with Gasteiger partial charge in [0.05, 0.1) is 12.6 Å². The highest BCUT2D eigenvalue weighted by Crippen LogP contribution is 2.28. The molecule has 0 fully saturated rings. The van der Waals surface area contributed by atoms with Crippen LogP contribution in [0, 0.1) is 5.92 Å². The van der Waals surface area contributed by atoms with Gasteiger partial charge >= 0.3 is 0 Å². The SMILES string of the molecule is CC(C)CC[C@@H](CC[NH2+][C@H](C)c1ccc(Cl)cc1)c1ccc(OC(C)C)cc1. The second kappa shape index (κ2) is 11.5. The van der Waals surface area contributed by atoms with Gasteiger partial charge in [-0.25, -0.2) is 0 Å². The average Bonchev–Trinajstić information content (AvgIpc) is 2.65. The van der Waals surface area contributed by atoms with E-state index >= 15 is 0 Å². The van der Waals surface area contributed by atoms with E-state index in [0.717, 1.165) is 23.2 Å². The summed E-state index contributed by atoms with van der Waals surface area (Å²) in [7, 11) is 0. The Bertz CT molecular complexity index is 679. The van der Waals surface area contributed by atoms with Gasteiger partial charge in [-0.2, -0.15) is 0 Å². The van der Waals surface area contributed by atoms with Crippen LogP contribution in [0.1, 0.15) is 77.0 Å². The summed E-state index contributed by atoms with van der Waals surface area (Å²) in [6.45, 7) is 12.1. The molecule has 154 valence electrons. The molecule has 2 atom stereocenters. The number of ether oxygens (including phenoxy) is 1. The van der Waals surface area contributed by atoms with Gasteiger partial charge in [0.15, 0.2) is 0 Å². The maximum absolute atomic E-state index is 6.01. The molecule has 0 heterocycles. The van der Waals surface area contributed by atoms with E-state index in [9.17, 15) is 0 Å². The molecule has 0 aliphatic heterocycles. The van der Waals surface area contributed by atoms with E-state index in [1.165, 1.54) is 30.4 Å². The molecule has 0 bridgehead atoms. The molecule has 3 heteroatoms. The van der Waals surface area contributed by atoms with Gasteiger partial charge in [0, 0.05) is 17.0 Å². The molecule has 0 aliphatic rings. The van der Waals surface area contributed by atoms with E-state index in [1.807, 2.05) is 12.1 Å². The van der Waals surface area contributed by atoms with Crippen LogP contribution in [0.5, 0.6) is 5.75 Å². The Balaban J connectivity index is 1.95. The minimum atomic E-state index is 0.214. The smallest absolute Gasteiger partial charge is 0.119 e. The third-order valence-electron chi connectivity index (χ3n) is 5.25. The van der Waals surface area contributed by atoms with E-state index in [-0.39, 0.29) is 6.10 Å². The molecule has 0 unspecified atom stereocenters. The summed E-state index contributed by atoms with van der Waals surface area (Å²) in [6, 6.07) is 17.4. The molecular weight excluding hydrogens is 366 g/mol. The van der Waals surface area contributed by atoms with Gasteiger partial charge in [-0.05, 0) is 68.9 Å². The van der Waals surface area contributed by atoms with Gasteiger partial charge in [-0.15, -0.1) is 0 Å². The zero-order valence-electron chi connectivity index (χ0n) is 18.1. The van der Waals surface area contributed by atoms with Crippen molar-refractivity contribution in [1.82, 2.24) is 0 Å². The Labute approximate surface area is 176 Å². The summed E-state index contributed by atoms with van der Waals surface area (Å²) < 4.78 is 5.80. The van der Waals surface area contributed by atoms with Crippen LogP contribution in [0.25, 0.3) is 0 Å². The highest BCUT2D eigenvalue weighted by Gasteiger charge is 2.15. The maximum Gasteiger partial charge on any atom is 0.119 e. The van der Waals surface area contributed by atoms with Crippen LogP contribution in [0.15, 0.2) is 48.5 Å². The molecule has 0 saturated carbocycles. The number of nitrogens with two attached hydrogens (primary N) is 1. The van der Waals surface area contributed by atoms with Crippen molar-refractivity contribution in [3.63, 3.8) is 0 Å². The average molecular weight is 403 g/mol. The first-order valence-electron chi connectivity index (χ1n) is 10.7. The van der Waals surface area contributed by atoms with Crippen LogP contribution >= 0.6 is 11.6 Å². The monoisotopic (exact) mass is 402 g/mol. The fourth-order valence-corrected chi connectivity index (χ4v) is 3.68. The maximum atomic E-state index is 6.01. The zero-order chi connectivity index (χ0) is 20.5. The van der Waals surface area contributed by atoms with Crippen molar-refractivity contribution < 1.29 is 10.1 Å². The number of hydrogen-bond acceptors (Lipinski definition) is 1. The van der Waals surface area contributed by atoms with Crippen LogP contribution in [-0.4, -0.2) is 12.6 Å². The molecular formula is C25H37ClNO+. The molecule has 0 spiro atoms. The zero-order valence-corrected chi connectivity index (χ0v) is 18.9. The molecule has 0 amide bonds. The van der Waals surface area contributed by atoms with E-state index in [1.54, 1.807) is 0 Å². The molecule has 2 rings (SSSR count). The number of hydrogen-bond donors (Lipinski definition) is 1. The third-order valence-corrected chi connectivity index (χ3v) is 5.50. The van der Waals surface area contributed by atoms with Crippen molar-refractivity contribution in [3.05, 3.63) is 64.7 Å². The van der Waals surface area contributed by atoms with Crippen molar-refractivity contribution in [1.29, 1.82) is 0 Å². The normalized spacial score (nSPS) is 13.7. The summed E-state index contributed by atoms with van der Waals surface area (Å²) in [4.78, 5) is 0. The van der Waals surface area contributed by atoms with E-state index < -0.39 is 0 Å². The lowest BCUT2D eigenvalue weighted by Gasteiger charge is -2.20. The first kappa shape index (κ1) is 22.8. The van der Waals surface area contributed by atoms with Crippen molar-refractivity contribution in [2.75, 3.05) is 6.54 Å². The first-order chi connectivity index (χ1) is 13.3. The van der Waals surface area contributed by atoms with Crippen LogP contribution in [0.3, 0.4) is 0 Å². The standard InChI is InChI=1S/C25H36ClNO/c1-18(2)6-7-23(22-10-14-25(15-11-22)28-19(3)4)16-17-27-20(5)21-8-12-24(26)13-9-21/h8-15,18-20,23,27H,6-7,16-17H2,1-5H3/p+1/t20-,23+/m1/s1. The van der Waals surface area contributed by atoms with Crippen molar-refractivity contribution in [2.24, 2.45) is 5.92 Å². The van der Waals surface area contributed by atoms with Crippen molar-refractivity contribution in [2.45, 2.75) is 71.9 Å². The largest absolute Gasteiger partial charge is 0.491 e. The summed E-state index contributed by atoms with van der Waals surface area (Å²) in [5, 5.41) is 3.25. The van der Waals surface area contributed by atoms with Gasteiger partial charge in [0.25, 0.3) is 0 Å². The third kappa shape index (κ3) is 7.85. The fraction of sp³-hybridized carbons (Fsp3) is 0.520. The van der Waals surface area contributed by atoms with Gasteiger partial charge in [0.2, 0.25) is 0 Å². The van der Waals surface area contributed by atoms with E-state index in [2.05, 4.69) is 76.3 Å². The van der Waals surface area contributed by atoms with E-state index in [4.69, 9.17) is 16.3 Å². The Morgan fingerprint density at radius 2 is 1.39 bits per heavy atom. The van der Waals surface area contributed by atoms with Gasteiger partial charge in [0.1, 0.15) is 11.8 Å². The Morgan fingerprint density at radius 3 is 1.96 bits per heavy atom. The molecule has 2 aromatic carbocycles. The lowest BCUT2D eigenvalue weighted by Crippen LogP contribution is -2.84. The number of rotatable bonds is 11. The number of benzene rings is 2. The highest BCUT2D eigenvalue weighted by molar-refractivity contribution is 6.30. The molecule has 0 aliphatic carbocycles. The molecule has 2 N–H and O–H groups in total. The molecule has 2 aromatic rings. The summed E-state index contributed by atoms with van der Waals surface area (Å²) in [5.74, 6) is 2.30. The summed E-state index contributed by atoms with van der Waals surface area (Å²) in [6.07, 6.45) is 3.91. The number of quaternary nitrogens is 1. The highest BCUT2D eigenvalue weighted by atomic mass is 35.5. The van der Waals surface area contributed by atoms with Gasteiger partial charge < -0.3 is 10.1 Å². The summed E-state index contributed by atoms with van der Waals surface area (Å²) >= 11 is 6.01. The topological polar surface area (TPSA) is 25.8 Å². The van der Waals surface area contributed by atoms with Crippen LogP contribution in [-0.2, 0) is 0 Å². The van der Waals surface area contributed by atoms with Crippen molar-refractivity contribution >= 4 is 11.6 Å². The molecule has 28 heavy (non-hydrogen) atoms. The van der Waals surface area contributed by atoms with Gasteiger partial charge in [-0.1, -0.05) is 56.1 Å². The van der Waals surface area contributed by atoms with Crippen molar-refractivity contribution in [3.8, 4) is 5.75 Å². The Morgan fingerprint density at radius 1 is 0.786 bits per heavy atom. The molecule has 0 radical (unpaired) electrons. The second-order valence-corrected chi connectivity index (χ2v) is 8.99. The van der Waals surface area contributed by atoms with E-state index in [0.29, 0.717) is 12.0 Å². The first-order valence-corrected chi connectivity index (χ1v) is 11.1. The fourth-order valence-electron chi connectivity index (χ4n) is 3.55. The Kier molecular flexibility index (Phi) is 9.34. The van der Waals surface area contributed by atoms with Gasteiger partial charge in [-0.3, -0.25) is 0 Å². The Hall–Kier alpha value is -1.51. The predicted molar refractivity (Wildman–Crippen MR) is 120 cm³/mol.